The molecule has 0 unspecified atom stereocenters. The molecule has 0 radical (unpaired) electrons. The molecular formula is C12H13N3OS. The van der Waals surface area contributed by atoms with Gasteiger partial charge in [-0.1, -0.05) is 12.1 Å². The Labute approximate surface area is 104 Å². The van der Waals surface area contributed by atoms with Crippen LogP contribution in [0.4, 0.5) is 5.13 Å². The summed E-state index contributed by atoms with van der Waals surface area (Å²) < 4.78 is 0. The molecule has 4 nitrogen and oxygen atoms in total. The average molecular weight is 247 g/mol. The van der Waals surface area contributed by atoms with Crippen LogP contribution in [0.3, 0.4) is 0 Å². The third kappa shape index (κ3) is 3.04. The Morgan fingerprint density at radius 1 is 1.41 bits per heavy atom. The predicted octanol–water partition coefficient (Wildman–Crippen LogP) is 2.91. The number of rotatable bonds is 3. The first kappa shape index (κ1) is 11.6. The van der Waals surface area contributed by atoms with Gasteiger partial charge in [0.25, 0.3) is 0 Å². The van der Waals surface area contributed by atoms with Crippen molar-refractivity contribution >= 4 is 22.7 Å². The number of anilines is 1. The van der Waals surface area contributed by atoms with Crippen molar-refractivity contribution in [1.29, 1.82) is 0 Å². The Morgan fingerprint density at radius 2 is 2.24 bits per heavy atom. The van der Waals surface area contributed by atoms with Crippen LogP contribution >= 0.6 is 11.3 Å². The van der Waals surface area contributed by atoms with Crippen LogP contribution in [0.15, 0.2) is 28.7 Å². The van der Waals surface area contributed by atoms with Gasteiger partial charge < -0.3 is 5.11 Å². The quantitative estimate of drug-likeness (QED) is 0.647. The van der Waals surface area contributed by atoms with Gasteiger partial charge in [0.2, 0.25) is 5.13 Å². The van der Waals surface area contributed by atoms with Crippen molar-refractivity contribution in [3.63, 3.8) is 0 Å². The second-order valence-corrected chi connectivity index (χ2v) is 4.57. The molecule has 0 bridgehead atoms. The Balaban J connectivity index is 2.03. The summed E-state index contributed by atoms with van der Waals surface area (Å²) in [5, 5.41) is 16.3. The number of hydrazone groups is 1. The molecule has 1 heterocycles. The van der Waals surface area contributed by atoms with Gasteiger partial charge >= 0.3 is 0 Å². The van der Waals surface area contributed by atoms with Gasteiger partial charge in [-0.15, -0.1) is 11.3 Å². The van der Waals surface area contributed by atoms with Crippen molar-refractivity contribution < 1.29 is 5.11 Å². The molecule has 2 rings (SSSR count). The topological polar surface area (TPSA) is 57.5 Å². The van der Waals surface area contributed by atoms with Crippen LogP contribution in [-0.2, 0) is 0 Å². The fourth-order valence-electron chi connectivity index (χ4n) is 1.27. The number of phenolic OH excluding ortho intramolecular Hbond substituents is 1. The van der Waals surface area contributed by atoms with Crippen molar-refractivity contribution in [1.82, 2.24) is 4.98 Å². The third-order valence-electron chi connectivity index (χ3n) is 2.23. The first-order chi connectivity index (χ1) is 8.15. The molecule has 0 aliphatic heterocycles. The van der Waals surface area contributed by atoms with E-state index in [0.29, 0.717) is 0 Å². The molecule has 0 spiro atoms. The maximum Gasteiger partial charge on any atom is 0.203 e. The maximum atomic E-state index is 9.53. The lowest BCUT2D eigenvalue weighted by Gasteiger charge is -1.99. The van der Waals surface area contributed by atoms with Crippen LogP contribution in [0.1, 0.15) is 16.8 Å². The van der Waals surface area contributed by atoms with E-state index < -0.39 is 0 Å². The third-order valence-corrected chi connectivity index (χ3v) is 3.09. The van der Waals surface area contributed by atoms with Crippen LogP contribution in [0, 0.1) is 13.8 Å². The summed E-state index contributed by atoms with van der Waals surface area (Å²) in [4.78, 5) is 4.22. The zero-order valence-corrected chi connectivity index (χ0v) is 10.5. The van der Waals surface area contributed by atoms with Crippen LogP contribution in [0.25, 0.3) is 0 Å². The SMILES string of the molecule is Cc1csc(NN=Cc2ccc(C)c(O)c2)n1. The van der Waals surface area contributed by atoms with Crippen LogP contribution in [0.2, 0.25) is 0 Å². The van der Waals surface area contributed by atoms with Crippen LogP contribution in [-0.4, -0.2) is 16.3 Å². The second kappa shape index (κ2) is 4.97. The lowest BCUT2D eigenvalue weighted by atomic mass is 10.1. The van der Waals surface area contributed by atoms with E-state index in [2.05, 4.69) is 15.5 Å². The summed E-state index contributed by atoms with van der Waals surface area (Å²) in [6.07, 6.45) is 1.65. The van der Waals surface area contributed by atoms with E-state index in [-0.39, 0.29) is 5.75 Å². The van der Waals surface area contributed by atoms with Crippen molar-refractivity contribution in [2.24, 2.45) is 5.10 Å². The molecule has 5 heteroatoms. The van der Waals surface area contributed by atoms with E-state index in [9.17, 15) is 5.11 Å². The van der Waals surface area contributed by atoms with Gasteiger partial charge in [-0.25, -0.2) is 4.98 Å². The number of phenols is 1. The summed E-state index contributed by atoms with van der Waals surface area (Å²) in [5.74, 6) is 0.277. The molecular weight excluding hydrogens is 234 g/mol. The van der Waals surface area contributed by atoms with Crippen molar-refractivity contribution in [2.75, 3.05) is 5.43 Å². The van der Waals surface area contributed by atoms with Crippen LogP contribution in [0.5, 0.6) is 5.75 Å². The lowest BCUT2D eigenvalue weighted by molar-refractivity contribution is 0.471. The van der Waals surface area contributed by atoms with E-state index in [1.807, 2.05) is 31.4 Å². The fourth-order valence-corrected chi connectivity index (χ4v) is 1.91. The molecule has 17 heavy (non-hydrogen) atoms. The van der Waals surface area contributed by atoms with E-state index >= 15 is 0 Å². The Hall–Kier alpha value is -1.88. The number of nitrogens with one attached hydrogen (secondary N) is 1. The Morgan fingerprint density at radius 3 is 2.88 bits per heavy atom. The molecule has 0 aliphatic rings. The van der Waals surface area contributed by atoms with E-state index in [1.54, 1.807) is 12.3 Å². The van der Waals surface area contributed by atoms with E-state index in [4.69, 9.17) is 0 Å². The summed E-state index contributed by atoms with van der Waals surface area (Å²) in [6.45, 7) is 3.79. The number of nitrogens with zero attached hydrogens (tertiary/aromatic N) is 2. The number of aromatic hydroxyl groups is 1. The molecule has 0 atom stereocenters. The first-order valence-electron chi connectivity index (χ1n) is 5.16. The molecule has 2 aromatic rings. The molecule has 88 valence electrons. The maximum absolute atomic E-state index is 9.53. The van der Waals surface area contributed by atoms with Crippen molar-refractivity contribution in [3.05, 3.63) is 40.4 Å². The largest absolute Gasteiger partial charge is 0.508 e. The minimum Gasteiger partial charge on any atom is -0.508 e. The molecule has 0 aliphatic carbocycles. The van der Waals surface area contributed by atoms with Gasteiger partial charge in [-0.05, 0) is 31.0 Å². The van der Waals surface area contributed by atoms with Gasteiger partial charge in [0, 0.05) is 5.38 Å². The molecule has 0 saturated heterocycles. The highest BCUT2D eigenvalue weighted by Gasteiger charge is 1.97. The standard InChI is InChI=1S/C12H13N3OS/c1-8-3-4-10(5-11(8)16)6-13-15-12-14-9(2)7-17-12/h3-7,16H,1-2H3,(H,14,15). The highest BCUT2D eigenvalue weighted by atomic mass is 32.1. The molecule has 0 amide bonds. The molecule has 0 saturated carbocycles. The van der Waals surface area contributed by atoms with Gasteiger partial charge in [-0.2, -0.15) is 5.10 Å². The predicted molar refractivity (Wildman–Crippen MR) is 70.9 cm³/mol. The number of hydrogen-bond acceptors (Lipinski definition) is 5. The second-order valence-electron chi connectivity index (χ2n) is 3.71. The van der Waals surface area contributed by atoms with Gasteiger partial charge in [0.15, 0.2) is 0 Å². The number of aromatic nitrogens is 1. The zero-order chi connectivity index (χ0) is 12.3. The smallest absolute Gasteiger partial charge is 0.203 e. The first-order valence-corrected chi connectivity index (χ1v) is 6.04. The highest BCUT2D eigenvalue weighted by Crippen LogP contribution is 2.17. The molecule has 1 aromatic carbocycles. The highest BCUT2D eigenvalue weighted by molar-refractivity contribution is 7.13. The minimum absolute atomic E-state index is 0.277. The average Bonchev–Trinajstić information content (AvgIpc) is 2.70. The fraction of sp³-hybridized carbons (Fsp3) is 0.167. The van der Waals surface area contributed by atoms with Crippen LogP contribution < -0.4 is 5.43 Å². The Kier molecular flexibility index (Phi) is 3.39. The van der Waals surface area contributed by atoms with E-state index in [0.717, 1.165) is 22.0 Å². The molecule has 1 aromatic heterocycles. The van der Waals surface area contributed by atoms with E-state index in [1.165, 1.54) is 11.3 Å². The van der Waals surface area contributed by atoms with Gasteiger partial charge in [-0.3, -0.25) is 5.43 Å². The number of thiazole rings is 1. The van der Waals surface area contributed by atoms with Gasteiger partial charge in [0.05, 0.1) is 11.9 Å². The van der Waals surface area contributed by atoms with Crippen molar-refractivity contribution in [2.45, 2.75) is 13.8 Å². The number of benzene rings is 1. The minimum atomic E-state index is 0.277. The summed E-state index contributed by atoms with van der Waals surface area (Å²) in [5.41, 5.74) is 5.51. The number of hydrogen-bond donors (Lipinski definition) is 2. The number of aryl methyl sites for hydroxylation is 2. The van der Waals surface area contributed by atoms with Gasteiger partial charge in [0.1, 0.15) is 5.75 Å². The normalized spacial score (nSPS) is 10.9. The zero-order valence-electron chi connectivity index (χ0n) is 9.64. The monoisotopic (exact) mass is 247 g/mol. The van der Waals surface area contributed by atoms with Crippen molar-refractivity contribution in [3.8, 4) is 5.75 Å². The lowest BCUT2D eigenvalue weighted by Crippen LogP contribution is -1.90. The summed E-state index contributed by atoms with van der Waals surface area (Å²) in [6, 6.07) is 5.42. The summed E-state index contributed by atoms with van der Waals surface area (Å²) in [7, 11) is 0. The molecule has 0 fully saturated rings. The molecule has 2 N–H and O–H groups in total. The Bertz CT molecular complexity index is 548. The summed E-state index contributed by atoms with van der Waals surface area (Å²) >= 11 is 1.50.